The molecule has 0 saturated heterocycles. The number of nitrogens with zero attached hydrogens (tertiary/aromatic N) is 2. The topological polar surface area (TPSA) is 36.5 Å². The van der Waals surface area contributed by atoms with Gasteiger partial charge in [0.15, 0.2) is 18.0 Å². The molecule has 1 heterocycles. The summed E-state index contributed by atoms with van der Waals surface area (Å²) in [6.07, 6.45) is 0. The summed E-state index contributed by atoms with van der Waals surface area (Å²) in [5.74, 6) is 0. The van der Waals surface area contributed by atoms with Crippen molar-refractivity contribution in [2.24, 2.45) is 5.16 Å². The predicted molar refractivity (Wildman–Crippen MR) is 76.7 cm³/mol. The van der Waals surface area contributed by atoms with Gasteiger partial charge in [0.05, 0.1) is 5.38 Å². The molecule has 17 heavy (non-hydrogen) atoms. The molecular weight excluding hydrogens is 347 g/mol. The van der Waals surface area contributed by atoms with Crippen molar-refractivity contribution in [2.75, 3.05) is 0 Å². The van der Waals surface area contributed by atoms with Crippen LogP contribution in [0.5, 0.6) is 0 Å². The van der Waals surface area contributed by atoms with Crippen LogP contribution in [0.2, 0.25) is 0 Å². The minimum absolute atomic E-state index is 0.590. The summed E-state index contributed by atoms with van der Waals surface area (Å²) in [5, 5.41) is 14.6. The third-order valence-corrected chi connectivity index (χ3v) is 4.07. The molecule has 0 aliphatic rings. The van der Waals surface area contributed by atoms with Crippen LogP contribution in [-0.4, -0.2) is 10.9 Å². The second-order valence-electron chi connectivity index (χ2n) is 3.68. The van der Waals surface area contributed by atoms with Crippen LogP contribution in [0.1, 0.15) is 11.3 Å². The van der Waals surface area contributed by atoms with Gasteiger partial charge in [-0.3, -0.25) is 0 Å². The molecule has 0 atom stereocenters. The molecule has 0 saturated carbocycles. The number of aryl methyl sites for hydroxylation is 1. The van der Waals surface area contributed by atoms with Crippen molar-refractivity contribution in [2.45, 2.75) is 13.5 Å². The first-order chi connectivity index (χ1) is 8.20. The van der Waals surface area contributed by atoms with E-state index in [-0.39, 0.29) is 0 Å². The number of hydrogen-bond donors (Lipinski definition) is 1. The molecule has 0 unspecified atom stereocenters. The third-order valence-electron chi connectivity index (χ3n) is 2.50. The van der Waals surface area contributed by atoms with Gasteiger partial charge in [-0.15, -0.1) is 0 Å². The van der Waals surface area contributed by atoms with E-state index in [4.69, 9.17) is 5.21 Å². The summed E-state index contributed by atoms with van der Waals surface area (Å²) in [6, 6.07) is 7.95. The number of rotatable bonds is 3. The van der Waals surface area contributed by atoms with Gasteiger partial charge in [-0.05, 0) is 34.7 Å². The number of oxime groups is 1. The maximum Gasteiger partial charge on any atom is 0.225 e. The lowest BCUT2D eigenvalue weighted by Crippen LogP contribution is -2.38. The van der Waals surface area contributed by atoms with Crippen molar-refractivity contribution >= 4 is 39.6 Å². The largest absolute Gasteiger partial charge is 0.410 e. The SMILES string of the molecule is Cc1csc[n+]1CC(=NO)c1ccc(I)cc1. The normalized spacial score (nSPS) is 11.8. The zero-order valence-corrected chi connectivity index (χ0v) is 12.3. The van der Waals surface area contributed by atoms with Crippen LogP contribution in [0.3, 0.4) is 0 Å². The molecule has 0 aliphatic carbocycles. The number of aromatic nitrogens is 1. The molecule has 2 aromatic rings. The average molecular weight is 359 g/mol. The van der Waals surface area contributed by atoms with Crippen molar-refractivity contribution in [3.63, 3.8) is 0 Å². The highest BCUT2D eigenvalue weighted by atomic mass is 127. The van der Waals surface area contributed by atoms with E-state index in [1.165, 1.54) is 9.26 Å². The smallest absolute Gasteiger partial charge is 0.225 e. The fraction of sp³-hybridized carbons (Fsp3) is 0.167. The van der Waals surface area contributed by atoms with Gasteiger partial charge in [-0.1, -0.05) is 28.6 Å². The third kappa shape index (κ3) is 3.04. The monoisotopic (exact) mass is 359 g/mol. The van der Waals surface area contributed by atoms with Crippen LogP contribution in [-0.2, 0) is 6.54 Å². The average Bonchev–Trinajstić information content (AvgIpc) is 2.73. The Morgan fingerprint density at radius 3 is 2.65 bits per heavy atom. The maximum absolute atomic E-state index is 9.11. The van der Waals surface area contributed by atoms with Crippen LogP contribution < -0.4 is 4.57 Å². The Labute approximate surface area is 118 Å². The van der Waals surface area contributed by atoms with Gasteiger partial charge in [0.1, 0.15) is 0 Å². The highest BCUT2D eigenvalue weighted by molar-refractivity contribution is 14.1. The Morgan fingerprint density at radius 1 is 1.41 bits per heavy atom. The van der Waals surface area contributed by atoms with Crippen LogP contribution >= 0.6 is 33.9 Å². The molecule has 1 aromatic carbocycles. The summed E-state index contributed by atoms with van der Waals surface area (Å²) < 4.78 is 3.24. The summed E-state index contributed by atoms with van der Waals surface area (Å²) in [4.78, 5) is 0. The molecule has 1 aromatic heterocycles. The highest BCUT2D eigenvalue weighted by Crippen LogP contribution is 2.08. The summed E-state index contributed by atoms with van der Waals surface area (Å²) >= 11 is 3.90. The Bertz CT molecular complexity index is 534. The van der Waals surface area contributed by atoms with Crippen LogP contribution in [0, 0.1) is 10.5 Å². The van der Waals surface area contributed by atoms with Gasteiger partial charge in [0, 0.05) is 16.1 Å². The van der Waals surface area contributed by atoms with Crippen molar-refractivity contribution in [1.29, 1.82) is 0 Å². The summed E-state index contributed by atoms with van der Waals surface area (Å²) in [7, 11) is 0. The van der Waals surface area contributed by atoms with Gasteiger partial charge >= 0.3 is 0 Å². The van der Waals surface area contributed by atoms with E-state index in [0.717, 1.165) is 5.56 Å². The second kappa shape index (κ2) is 5.59. The molecular formula is C12H12IN2OS+. The quantitative estimate of drug-likeness (QED) is 0.296. The molecule has 0 amide bonds. The van der Waals surface area contributed by atoms with Gasteiger partial charge in [-0.25, -0.2) is 0 Å². The van der Waals surface area contributed by atoms with Gasteiger partial charge < -0.3 is 5.21 Å². The molecule has 3 nitrogen and oxygen atoms in total. The van der Waals surface area contributed by atoms with Gasteiger partial charge in [0.2, 0.25) is 5.51 Å². The maximum atomic E-state index is 9.11. The van der Waals surface area contributed by atoms with E-state index >= 15 is 0 Å². The molecule has 0 fully saturated rings. The number of benzene rings is 1. The lowest BCUT2D eigenvalue weighted by Gasteiger charge is -2.01. The van der Waals surface area contributed by atoms with Crippen molar-refractivity contribution < 1.29 is 9.77 Å². The first kappa shape index (κ1) is 12.5. The molecule has 0 radical (unpaired) electrons. The Morgan fingerprint density at radius 2 is 2.12 bits per heavy atom. The summed E-state index contributed by atoms with van der Waals surface area (Å²) in [6.45, 7) is 2.63. The highest BCUT2D eigenvalue weighted by Gasteiger charge is 2.14. The lowest BCUT2D eigenvalue weighted by molar-refractivity contribution is -0.683. The van der Waals surface area contributed by atoms with Crippen LogP contribution in [0.15, 0.2) is 40.3 Å². The molecule has 2 rings (SSSR count). The first-order valence-electron chi connectivity index (χ1n) is 5.10. The Hall–Kier alpha value is -0.950. The van der Waals surface area contributed by atoms with Crippen molar-refractivity contribution in [3.8, 4) is 0 Å². The Kier molecular flexibility index (Phi) is 4.11. The van der Waals surface area contributed by atoms with E-state index < -0.39 is 0 Å². The first-order valence-corrected chi connectivity index (χ1v) is 7.12. The van der Waals surface area contributed by atoms with Crippen molar-refractivity contribution in [3.05, 3.63) is 50.0 Å². The van der Waals surface area contributed by atoms with E-state index in [2.05, 4.69) is 37.7 Å². The van der Waals surface area contributed by atoms with E-state index in [9.17, 15) is 0 Å². The standard InChI is InChI=1S/C12H11IN2OS/c1-9-7-17-8-15(9)6-12(14-16)10-2-4-11(13)5-3-10/h2-5,7-8H,6H2,1H3/p+1. The summed E-state index contributed by atoms with van der Waals surface area (Å²) in [5.41, 5.74) is 4.81. The van der Waals surface area contributed by atoms with Gasteiger partial charge in [0.25, 0.3) is 0 Å². The lowest BCUT2D eigenvalue weighted by atomic mass is 10.1. The zero-order valence-electron chi connectivity index (χ0n) is 9.30. The van der Waals surface area contributed by atoms with Crippen LogP contribution in [0.25, 0.3) is 0 Å². The molecule has 88 valence electrons. The fourth-order valence-electron chi connectivity index (χ4n) is 1.50. The second-order valence-corrected chi connectivity index (χ2v) is 5.65. The van der Waals surface area contributed by atoms with E-state index in [0.29, 0.717) is 12.3 Å². The fourth-order valence-corrected chi connectivity index (χ4v) is 2.64. The number of hydrogen-bond acceptors (Lipinski definition) is 3. The number of halogens is 1. The van der Waals surface area contributed by atoms with E-state index in [1.807, 2.05) is 36.7 Å². The minimum Gasteiger partial charge on any atom is -0.410 e. The number of thiazole rings is 1. The zero-order chi connectivity index (χ0) is 12.3. The molecule has 0 aliphatic heterocycles. The molecule has 0 bridgehead atoms. The molecule has 5 heteroatoms. The molecule has 0 spiro atoms. The van der Waals surface area contributed by atoms with Crippen LogP contribution in [0.4, 0.5) is 0 Å². The predicted octanol–water partition coefficient (Wildman–Crippen LogP) is 2.83. The van der Waals surface area contributed by atoms with E-state index in [1.54, 1.807) is 11.3 Å². The Balaban J connectivity index is 2.24. The van der Waals surface area contributed by atoms with Gasteiger partial charge in [-0.2, -0.15) is 4.57 Å². The van der Waals surface area contributed by atoms with Crippen molar-refractivity contribution in [1.82, 2.24) is 0 Å². The molecule has 1 N–H and O–H groups in total. The minimum atomic E-state index is 0.590.